The Morgan fingerprint density at radius 2 is 1.82 bits per heavy atom. The van der Waals surface area contributed by atoms with Gasteiger partial charge in [-0.3, -0.25) is 9.36 Å². The average molecular weight is 372 g/mol. The number of anilines is 3. The zero-order valence-corrected chi connectivity index (χ0v) is 15.7. The molecule has 7 heteroatoms. The molecule has 0 spiro atoms. The van der Waals surface area contributed by atoms with E-state index in [1.54, 1.807) is 29.6 Å². The highest BCUT2D eigenvalue weighted by Gasteiger charge is 2.16. The van der Waals surface area contributed by atoms with Crippen LogP contribution in [0.1, 0.15) is 6.92 Å². The van der Waals surface area contributed by atoms with Crippen LogP contribution >= 0.6 is 0 Å². The van der Waals surface area contributed by atoms with E-state index in [1.165, 1.54) is 0 Å². The minimum Gasteiger partial charge on any atom is -0.328 e. The molecule has 1 aromatic carbocycles. The van der Waals surface area contributed by atoms with Crippen molar-refractivity contribution in [1.29, 1.82) is 0 Å². The van der Waals surface area contributed by atoms with Crippen molar-refractivity contribution < 1.29 is 4.79 Å². The fourth-order valence-corrected chi connectivity index (χ4v) is 3.22. The van der Waals surface area contributed by atoms with Gasteiger partial charge in [0.1, 0.15) is 0 Å². The minimum absolute atomic E-state index is 0.578. The number of fused-ring (bicyclic) bond motifs is 1. The Hall–Kier alpha value is -3.74. The summed E-state index contributed by atoms with van der Waals surface area (Å²) in [4.78, 5) is 28.2. The van der Waals surface area contributed by atoms with Crippen LogP contribution in [0, 0.1) is 0 Å². The molecule has 0 aliphatic heterocycles. The summed E-state index contributed by atoms with van der Waals surface area (Å²) in [5.74, 6) is 1.36. The molecule has 0 saturated heterocycles. The summed E-state index contributed by atoms with van der Waals surface area (Å²) in [6.45, 7) is 2.51. The van der Waals surface area contributed by atoms with E-state index in [0.717, 1.165) is 34.5 Å². The van der Waals surface area contributed by atoms with E-state index < -0.39 is 0 Å². The summed E-state index contributed by atoms with van der Waals surface area (Å²) < 4.78 is 1.95. The third kappa shape index (κ3) is 3.07. The Morgan fingerprint density at radius 3 is 2.57 bits per heavy atom. The van der Waals surface area contributed by atoms with Crippen LogP contribution in [0.4, 0.5) is 17.2 Å². The van der Waals surface area contributed by atoms with Gasteiger partial charge in [0.15, 0.2) is 5.82 Å². The Balaban J connectivity index is 1.74. The molecule has 7 nitrogen and oxygen atoms in total. The summed E-state index contributed by atoms with van der Waals surface area (Å²) in [6, 6.07) is 13.7. The van der Waals surface area contributed by atoms with E-state index in [1.807, 2.05) is 60.0 Å². The van der Waals surface area contributed by atoms with Gasteiger partial charge in [-0.1, -0.05) is 0 Å². The highest BCUT2D eigenvalue weighted by atomic mass is 16.1. The van der Waals surface area contributed by atoms with Crippen molar-refractivity contribution >= 4 is 34.5 Å². The largest absolute Gasteiger partial charge is 0.328 e. The lowest BCUT2D eigenvalue weighted by Gasteiger charge is -2.25. The van der Waals surface area contributed by atoms with Gasteiger partial charge in [0, 0.05) is 49.5 Å². The van der Waals surface area contributed by atoms with Crippen molar-refractivity contribution in [2.75, 3.05) is 23.4 Å². The van der Waals surface area contributed by atoms with Crippen LogP contribution < -0.4 is 9.80 Å². The topological polar surface area (TPSA) is 67.2 Å². The lowest BCUT2D eigenvalue weighted by Crippen LogP contribution is -2.24. The summed E-state index contributed by atoms with van der Waals surface area (Å²) in [6.07, 6.45) is 7.98. The van der Waals surface area contributed by atoms with Crippen LogP contribution in [0.25, 0.3) is 16.9 Å². The van der Waals surface area contributed by atoms with Crippen LogP contribution in [0.15, 0.2) is 67.3 Å². The van der Waals surface area contributed by atoms with E-state index in [2.05, 4.69) is 21.0 Å². The monoisotopic (exact) mass is 372 g/mol. The second kappa shape index (κ2) is 7.48. The number of nitrogens with zero attached hydrogens (tertiary/aromatic N) is 6. The molecule has 0 bridgehead atoms. The van der Waals surface area contributed by atoms with E-state index in [-0.39, 0.29) is 0 Å². The van der Waals surface area contributed by atoms with Gasteiger partial charge in [-0.2, -0.15) is 0 Å². The number of benzene rings is 1. The Labute approximate surface area is 162 Å². The first-order chi connectivity index (χ1) is 13.7. The lowest BCUT2D eigenvalue weighted by atomic mass is 10.2. The second-order valence-corrected chi connectivity index (χ2v) is 6.27. The molecular formula is C21H20N6O. The van der Waals surface area contributed by atoms with Crippen molar-refractivity contribution in [3.8, 4) is 5.95 Å². The molecule has 0 saturated carbocycles. The first-order valence-electron chi connectivity index (χ1n) is 9.02. The van der Waals surface area contributed by atoms with Gasteiger partial charge in [-0.25, -0.2) is 15.0 Å². The first-order valence-corrected chi connectivity index (χ1v) is 9.02. The van der Waals surface area contributed by atoms with Gasteiger partial charge in [0.25, 0.3) is 0 Å². The maximum absolute atomic E-state index is 11.4. The molecule has 0 radical (unpaired) electrons. The number of pyridine rings is 1. The lowest BCUT2D eigenvalue weighted by molar-refractivity contribution is -0.107. The van der Waals surface area contributed by atoms with E-state index in [4.69, 9.17) is 0 Å². The molecule has 140 valence electrons. The molecular weight excluding hydrogens is 352 g/mol. The van der Waals surface area contributed by atoms with Gasteiger partial charge in [-0.05, 0) is 49.4 Å². The minimum atomic E-state index is 0.578. The van der Waals surface area contributed by atoms with Crippen molar-refractivity contribution in [3.63, 3.8) is 0 Å². The third-order valence-corrected chi connectivity index (χ3v) is 4.69. The molecule has 0 atom stereocenters. The number of hydrogen-bond acceptors (Lipinski definition) is 5. The van der Waals surface area contributed by atoms with Gasteiger partial charge in [0.05, 0.1) is 11.2 Å². The molecule has 0 aliphatic rings. The summed E-state index contributed by atoms with van der Waals surface area (Å²) >= 11 is 0. The molecule has 0 fully saturated rings. The number of hydrogen-bond donors (Lipinski definition) is 0. The number of aromatic nitrogens is 4. The molecule has 0 unspecified atom stereocenters. The van der Waals surface area contributed by atoms with Crippen molar-refractivity contribution in [3.05, 3.63) is 67.3 Å². The average Bonchev–Trinajstić information content (AvgIpc) is 3.18. The quantitative estimate of drug-likeness (QED) is 0.484. The fourth-order valence-electron chi connectivity index (χ4n) is 3.22. The zero-order chi connectivity index (χ0) is 19.5. The van der Waals surface area contributed by atoms with Crippen LogP contribution in [0.2, 0.25) is 0 Å². The molecule has 4 rings (SSSR count). The number of carbonyl (C=O) groups is 1. The Morgan fingerprint density at radius 1 is 1.04 bits per heavy atom. The molecule has 3 heterocycles. The van der Waals surface area contributed by atoms with Crippen LogP contribution in [0.3, 0.4) is 0 Å². The van der Waals surface area contributed by atoms with Gasteiger partial charge in [0.2, 0.25) is 12.4 Å². The molecule has 28 heavy (non-hydrogen) atoms. The van der Waals surface area contributed by atoms with Crippen LogP contribution in [-0.2, 0) is 4.79 Å². The molecule has 4 aromatic rings. The van der Waals surface area contributed by atoms with E-state index >= 15 is 0 Å². The SMILES string of the molecule is CCN(C=O)c1cccnc1N(C)c1ccc2c(ccn2-c2ncccn2)c1. The predicted octanol–water partition coefficient (Wildman–Crippen LogP) is 3.57. The maximum atomic E-state index is 11.4. The van der Waals surface area contributed by atoms with Crippen molar-refractivity contribution in [2.45, 2.75) is 6.92 Å². The predicted molar refractivity (Wildman–Crippen MR) is 110 cm³/mol. The smallest absolute Gasteiger partial charge is 0.234 e. The Kier molecular flexibility index (Phi) is 4.72. The summed E-state index contributed by atoms with van der Waals surface area (Å²) in [7, 11) is 1.95. The second-order valence-electron chi connectivity index (χ2n) is 6.27. The van der Waals surface area contributed by atoms with Gasteiger partial charge in [-0.15, -0.1) is 0 Å². The van der Waals surface area contributed by atoms with Crippen molar-refractivity contribution in [2.24, 2.45) is 0 Å². The van der Waals surface area contributed by atoms with Crippen LogP contribution in [-0.4, -0.2) is 39.5 Å². The highest BCUT2D eigenvalue weighted by Crippen LogP contribution is 2.32. The molecule has 1 amide bonds. The Bertz CT molecular complexity index is 1110. The molecule has 0 N–H and O–H groups in total. The van der Waals surface area contributed by atoms with Crippen molar-refractivity contribution in [1.82, 2.24) is 19.5 Å². The van der Waals surface area contributed by atoms with E-state index in [9.17, 15) is 4.79 Å². The normalized spacial score (nSPS) is 10.8. The third-order valence-electron chi connectivity index (χ3n) is 4.69. The summed E-state index contributed by atoms with van der Waals surface area (Å²) in [5.41, 5.74) is 2.77. The maximum Gasteiger partial charge on any atom is 0.234 e. The van der Waals surface area contributed by atoms with Crippen LogP contribution in [0.5, 0.6) is 0 Å². The summed E-state index contributed by atoms with van der Waals surface area (Å²) in [5, 5.41) is 1.07. The van der Waals surface area contributed by atoms with Gasteiger partial charge >= 0.3 is 0 Å². The fraction of sp³-hybridized carbons (Fsp3) is 0.143. The van der Waals surface area contributed by atoms with E-state index in [0.29, 0.717) is 12.5 Å². The van der Waals surface area contributed by atoms with Gasteiger partial charge < -0.3 is 9.80 Å². The number of rotatable bonds is 6. The standard InChI is InChI=1S/C21H20N6O/c1-3-26(15-28)19-6-4-10-22-20(19)25(2)17-7-8-18-16(14-17)9-13-27(18)21-23-11-5-12-24-21/h4-15H,3H2,1-2H3. The zero-order valence-electron chi connectivity index (χ0n) is 15.7. The number of amides is 1. The number of carbonyl (C=O) groups excluding carboxylic acids is 1. The molecule has 0 aliphatic carbocycles. The first kappa shape index (κ1) is 17.7. The molecule has 3 aromatic heterocycles. The highest BCUT2D eigenvalue weighted by molar-refractivity contribution is 5.88.